The number of benzene rings is 2. The molecular formula is C22H23N3O3S. The van der Waals surface area contributed by atoms with E-state index in [-0.39, 0.29) is 10.8 Å². The molecule has 0 saturated carbocycles. The fourth-order valence-electron chi connectivity index (χ4n) is 3.02. The molecule has 0 bridgehead atoms. The third-order valence-electron chi connectivity index (χ3n) is 4.64. The topological polar surface area (TPSA) is 81.1 Å². The molecule has 0 unspecified atom stereocenters. The van der Waals surface area contributed by atoms with Gasteiger partial charge in [-0.25, -0.2) is 13.1 Å². The molecular weight excluding hydrogens is 386 g/mol. The average molecular weight is 410 g/mol. The molecule has 2 aromatic carbocycles. The smallest absolute Gasteiger partial charge is 0.248 e. The number of nitrogens with one attached hydrogen (secondary N) is 1. The van der Waals surface area contributed by atoms with Gasteiger partial charge >= 0.3 is 0 Å². The van der Waals surface area contributed by atoms with Gasteiger partial charge in [-0.3, -0.25) is 4.79 Å². The van der Waals surface area contributed by atoms with Gasteiger partial charge < -0.3 is 5.32 Å². The Kier molecular flexibility index (Phi) is 5.70. The van der Waals surface area contributed by atoms with Crippen molar-refractivity contribution in [2.75, 3.05) is 11.6 Å². The Hall–Kier alpha value is -3.19. The van der Waals surface area contributed by atoms with E-state index >= 15 is 0 Å². The largest absolute Gasteiger partial charge is 0.322 e. The van der Waals surface area contributed by atoms with E-state index < -0.39 is 9.84 Å². The van der Waals surface area contributed by atoms with Gasteiger partial charge in [-0.05, 0) is 56.7 Å². The van der Waals surface area contributed by atoms with E-state index in [1.807, 2.05) is 55.8 Å². The Labute approximate surface area is 170 Å². The Bertz CT molecular complexity index is 1190. The second kappa shape index (κ2) is 8.05. The molecule has 150 valence electrons. The lowest BCUT2D eigenvalue weighted by Gasteiger charge is -2.08. The minimum absolute atomic E-state index is 0.165. The SMILES string of the molecule is Cc1ccc(S(C)(=O)=O)cc1NC(=O)/C=C/c1c(C)nn(-c2ccccc2)c1C. The summed E-state index contributed by atoms with van der Waals surface area (Å²) in [6.45, 7) is 5.65. The number of aromatic nitrogens is 2. The van der Waals surface area contributed by atoms with Crippen LogP contribution in [0.25, 0.3) is 11.8 Å². The molecule has 1 heterocycles. The molecule has 29 heavy (non-hydrogen) atoms. The summed E-state index contributed by atoms with van der Waals surface area (Å²) in [6, 6.07) is 14.5. The molecule has 1 amide bonds. The van der Waals surface area contributed by atoms with Crippen LogP contribution in [0.2, 0.25) is 0 Å². The summed E-state index contributed by atoms with van der Waals surface area (Å²) in [7, 11) is -3.35. The van der Waals surface area contributed by atoms with Gasteiger partial charge in [0.05, 0.1) is 16.3 Å². The van der Waals surface area contributed by atoms with Gasteiger partial charge in [0.15, 0.2) is 9.84 Å². The van der Waals surface area contributed by atoms with Crippen molar-refractivity contribution < 1.29 is 13.2 Å². The zero-order valence-electron chi connectivity index (χ0n) is 16.8. The zero-order valence-corrected chi connectivity index (χ0v) is 17.6. The third kappa shape index (κ3) is 4.63. The van der Waals surface area contributed by atoms with Crippen LogP contribution >= 0.6 is 0 Å². The lowest BCUT2D eigenvalue weighted by molar-refractivity contribution is -0.111. The molecule has 0 fully saturated rings. The number of anilines is 1. The summed E-state index contributed by atoms with van der Waals surface area (Å²) in [5.74, 6) is -0.343. The van der Waals surface area contributed by atoms with Crippen LogP contribution in [-0.4, -0.2) is 30.4 Å². The highest BCUT2D eigenvalue weighted by Gasteiger charge is 2.12. The molecule has 7 heteroatoms. The minimum atomic E-state index is -3.35. The molecule has 1 N–H and O–H groups in total. The fourth-order valence-corrected chi connectivity index (χ4v) is 3.66. The number of sulfone groups is 1. The van der Waals surface area contributed by atoms with Crippen molar-refractivity contribution in [1.82, 2.24) is 9.78 Å². The second-order valence-electron chi connectivity index (χ2n) is 6.90. The summed E-state index contributed by atoms with van der Waals surface area (Å²) < 4.78 is 25.3. The second-order valence-corrected chi connectivity index (χ2v) is 8.92. The van der Waals surface area contributed by atoms with Crippen LogP contribution in [0.4, 0.5) is 5.69 Å². The maximum absolute atomic E-state index is 12.4. The van der Waals surface area contributed by atoms with E-state index in [4.69, 9.17) is 0 Å². The van der Waals surface area contributed by atoms with Crippen molar-refractivity contribution in [2.24, 2.45) is 0 Å². The van der Waals surface area contributed by atoms with Crippen LogP contribution in [-0.2, 0) is 14.6 Å². The van der Waals surface area contributed by atoms with Crippen LogP contribution in [0.1, 0.15) is 22.5 Å². The molecule has 3 rings (SSSR count). The predicted molar refractivity (Wildman–Crippen MR) is 115 cm³/mol. The first-order valence-corrected chi connectivity index (χ1v) is 11.0. The number of hydrogen-bond donors (Lipinski definition) is 1. The van der Waals surface area contributed by atoms with E-state index in [0.717, 1.165) is 34.5 Å². The van der Waals surface area contributed by atoms with Crippen molar-refractivity contribution in [2.45, 2.75) is 25.7 Å². The zero-order chi connectivity index (χ0) is 21.2. The van der Waals surface area contributed by atoms with Crippen LogP contribution < -0.4 is 5.32 Å². The standard InChI is InChI=1S/C22H23N3O3S/c1-15-10-11-19(29(4,27)28)14-21(15)23-22(26)13-12-20-16(2)24-25(17(20)3)18-8-6-5-7-9-18/h5-14H,1-4H3,(H,23,26)/b13-12+. The number of para-hydroxylation sites is 1. The van der Waals surface area contributed by atoms with Gasteiger partial charge in [-0.15, -0.1) is 0 Å². The number of aryl methyl sites for hydroxylation is 2. The molecule has 6 nitrogen and oxygen atoms in total. The average Bonchev–Trinajstić information content (AvgIpc) is 2.95. The van der Waals surface area contributed by atoms with E-state index in [2.05, 4.69) is 10.4 Å². The van der Waals surface area contributed by atoms with Crippen molar-refractivity contribution in [3.05, 3.63) is 77.1 Å². The van der Waals surface area contributed by atoms with Crippen LogP contribution in [0, 0.1) is 20.8 Å². The number of nitrogens with zero attached hydrogens (tertiary/aromatic N) is 2. The van der Waals surface area contributed by atoms with Gasteiger partial charge in [0.1, 0.15) is 0 Å². The monoisotopic (exact) mass is 409 g/mol. The van der Waals surface area contributed by atoms with Crippen molar-refractivity contribution >= 4 is 27.5 Å². The Morgan fingerprint density at radius 1 is 1.07 bits per heavy atom. The van der Waals surface area contributed by atoms with E-state index in [9.17, 15) is 13.2 Å². The van der Waals surface area contributed by atoms with E-state index in [1.54, 1.807) is 12.1 Å². The van der Waals surface area contributed by atoms with Crippen LogP contribution in [0.15, 0.2) is 59.5 Å². The Morgan fingerprint density at radius 3 is 2.41 bits per heavy atom. The highest BCUT2D eigenvalue weighted by Crippen LogP contribution is 2.21. The molecule has 0 aliphatic heterocycles. The quantitative estimate of drug-likeness (QED) is 0.649. The maximum atomic E-state index is 12.4. The van der Waals surface area contributed by atoms with Gasteiger partial charge in [0, 0.05) is 29.3 Å². The molecule has 1 aromatic heterocycles. The van der Waals surface area contributed by atoms with Crippen molar-refractivity contribution in [1.29, 1.82) is 0 Å². The summed E-state index contributed by atoms with van der Waals surface area (Å²) >= 11 is 0. The van der Waals surface area contributed by atoms with Crippen LogP contribution in [0.3, 0.4) is 0 Å². The number of carbonyl (C=O) groups excluding carboxylic acids is 1. The minimum Gasteiger partial charge on any atom is -0.322 e. The molecule has 0 spiro atoms. The van der Waals surface area contributed by atoms with E-state index in [0.29, 0.717) is 5.69 Å². The highest BCUT2D eigenvalue weighted by atomic mass is 32.2. The lowest BCUT2D eigenvalue weighted by atomic mass is 10.1. The van der Waals surface area contributed by atoms with Gasteiger partial charge in [0.2, 0.25) is 5.91 Å². The number of hydrogen-bond acceptors (Lipinski definition) is 4. The van der Waals surface area contributed by atoms with Gasteiger partial charge in [-0.1, -0.05) is 24.3 Å². The Balaban J connectivity index is 1.83. The Morgan fingerprint density at radius 2 is 1.76 bits per heavy atom. The summed E-state index contributed by atoms with van der Waals surface area (Å²) in [4.78, 5) is 12.6. The number of amides is 1. The molecule has 0 atom stereocenters. The normalized spacial score (nSPS) is 11.7. The molecule has 3 aromatic rings. The fraction of sp³-hybridized carbons (Fsp3) is 0.182. The van der Waals surface area contributed by atoms with Crippen molar-refractivity contribution in [3.63, 3.8) is 0 Å². The van der Waals surface area contributed by atoms with E-state index in [1.165, 1.54) is 18.2 Å². The first-order chi connectivity index (χ1) is 13.7. The third-order valence-corrected chi connectivity index (χ3v) is 5.75. The molecule has 0 aliphatic rings. The van der Waals surface area contributed by atoms with Gasteiger partial charge in [-0.2, -0.15) is 5.10 Å². The number of rotatable bonds is 5. The van der Waals surface area contributed by atoms with Crippen molar-refractivity contribution in [3.8, 4) is 5.69 Å². The molecule has 0 saturated heterocycles. The molecule has 0 aliphatic carbocycles. The maximum Gasteiger partial charge on any atom is 0.248 e. The lowest BCUT2D eigenvalue weighted by Crippen LogP contribution is -2.10. The predicted octanol–water partition coefficient (Wildman–Crippen LogP) is 3.85. The van der Waals surface area contributed by atoms with Crippen LogP contribution in [0.5, 0.6) is 0 Å². The highest BCUT2D eigenvalue weighted by molar-refractivity contribution is 7.90. The summed E-state index contributed by atoms with van der Waals surface area (Å²) in [6.07, 6.45) is 4.29. The first-order valence-electron chi connectivity index (χ1n) is 9.08. The van der Waals surface area contributed by atoms with Gasteiger partial charge in [0.25, 0.3) is 0 Å². The number of carbonyl (C=O) groups is 1. The summed E-state index contributed by atoms with van der Waals surface area (Å²) in [5, 5.41) is 7.32. The summed E-state index contributed by atoms with van der Waals surface area (Å²) in [5.41, 5.74) is 4.80. The molecule has 0 radical (unpaired) electrons. The first kappa shape index (κ1) is 20.5.